The van der Waals surface area contributed by atoms with E-state index in [2.05, 4.69) is 31.9 Å². The molecule has 0 heterocycles. The standard InChI is InChI=1S/C12H8Br2ClNO/c13-9-5-7(15)1-3-11(9)17-12-4-2-8(16)6-10(12)14/h1-6H,16H2. The first-order chi connectivity index (χ1) is 8.06. The fraction of sp³-hybridized carbons (Fsp3) is 0. The minimum absolute atomic E-state index is 0.653. The molecule has 2 aromatic rings. The average molecular weight is 377 g/mol. The van der Waals surface area contributed by atoms with Crippen LogP contribution in [0.1, 0.15) is 0 Å². The van der Waals surface area contributed by atoms with Crippen molar-refractivity contribution in [3.8, 4) is 11.5 Å². The molecule has 0 saturated heterocycles. The maximum Gasteiger partial charge on any atom is 0.141 e. The van der Waals surface area contributed by atoms with Crippen LogP contribution in [0.3, 0.4) is 0 Å². The molecule has 0 radical (unpaired) electrons. The van der Waals surface area contributed by atoms with Crippen LogP contribution >= 0.6 is 43.5 Å². The molecule has 0 aliphatic carbocycles. The molecule has 2 nitrogen and oxygen atoms in total. The lowest BCUT2D eigenvalue weighted by atomic mass is 10.3. The van der Waals surface area contributed by atoms with Crippen LogP contribution in [0.5, 0.6) is 11.5 Å². The summed E-state index contributed by atoms with van der Waals surface area (Å²) < 4.78 is 7.35. The fourth-order valence-corrected chi connectivity index (χ4v) is 2.52. The van der Waals surface area contributed by atoms with Gasteiger partial charge in [0.25, 0.3) is 0 Å². The maximum absolute atomic E-state index is 5.86. The van der Waals surface area contributed by atoms with Gasteiger partial charge in [-0.15, -0.1) is 0 Å². The van der Waals surface area contributed by atoms with Crippen LogP contribution in [0.25, 0.3) is 0 Å². The Kier molecular flexibility index (Phi) is 3.97. The molecule has 0 bridgehead atoms. The molecular formula is C12H8Br2ClNO. The smallest absolute Gasteiger partial charge is 0.141 e. The topological polar surface area (TPSA) is 35.2 Å². The van der Waals surface area contributed by atoms with Gasteiger partial charge in [-0.25, -0.2) is 0 Å². The normalized spacial score (nSPS) is 10.3. The Bertz CT molecular complexity index is 511. The van der Waals surface area contributed by atoms with Gasteiger partial charge >= 0.3 is 0 Å². The summed E-state index contributed by atoms with van der Waals surface area (Å²) in [5.74, 6) is 1.39. The van der Waals surface area contributed by atoms with Crippen molar-refractivity contribution in [1.82, 2.24) is 0 Å². The molecular weight excluding hydrogens is 369 g/mol. The second-order valence-corrected chi connectivity index (χ2v) is 5.51. The third-order valence-corrected chi connectivity index (χ3v) is 3.54. The van der Waals surface area contributed by atoms with Gasteiger partial charge in [0.1, 0.15) is 11.5 Å². The fourth-order valence-electron chi connectivity index (χ4n) is 1.28. The lowest BCUT2D eigenvalue weighted by molar-refractivity contribution is 0.477. The number of anilines is 1. The first-order valence-electron chi connectivity index (χ1n) is 4.74. The summed E-state index contributed by atoms with van der Waals surface area (Å²) >= 11 is 12.7. The van der Waals surface area contributed by atoms with Gasteiger partial charge in [0.15, 0.2) is 0 Å². The Balaban J connectivity index is 2.31. The van der Waals surface area contributed by atoms with E-state index in [9.17, 15) is 0 Å². The van der Waals surface area contributed by atoms with Gasteiger partial charge in [-0.2, -0.15) is 0 Å². The molecule has 0 aliphatic rings. The van der Waals surface area contributed by atoms with Gasteiger partial charge in [-0.05, 0) is 68.3 Å². The van der Waals surface area contributed by atoms with E-state index in [-0.39, 0.29) is 0 Å². The highest BCUT2D eigenvalue weighted by Crippen LogP contribution is 2.35. The van der Waals surface area contributed by atoms with Gasteiger partial charge in [0, 0.05) is 10.7 Å². The van der Waals surface area contributed by atoms with Crippen molar-refractivity contribution < 1.29 is 4.74 Å². The number of benzene rings is 2. The van der Waals surface area contributed by atoms with Crippen molar-refractivity contribution >= 4 is 49.1 Å². The minimum Gasteiger partial charge on any atom is -0.455 e. The largest absolute Gasteiger partial charge is 0.455 e. The molecule has 2 N–H and O–H groups in total. The van der Waals surface area contributed by atoms with Gasteiger partial charge in [0.2, 0.25) is 0 Å². The molecule has 5 heteroatoms. The second-order valence-electron chi connectivity index (χ2n) is 3.37. The first-order valence-corrected chi connectivity index (χ1v) is 6.70. The van der Waals surface area contributed by atoms with Gasteiger partial charge < -0.3 is 10.5 Å². The summed E-state index contributed by atoms with van der Waals surface area (Å²) in [4.78, 5) is 0. The summed E-state index contributed by atoms with van der Waals surface area (Å²) in [5.41, 5.74) is 6.34. The molecule has 0 saturated carbocycles. The molecule has 0 aromatic heterocycles. The summed E-state index contributed by atoms with van der Waals surface area (Å²) in [5, 5.41) is 0.653. The van der Waals surface area contributed by atoms with E-state index in [1.54, 1.807) is 36.4 Å². The molecule has 0 aliphatic heterocycles. The third kappa shape index (κ3) is 3.15. The highest BCUT2D eigenvalue weighted by Gasteiger charge is 2.06. The summed E-state index contributed by atoms with van der Waals surface area (Å²) in [6.07, 6.45) is 0. The summed E-state index contributed by atoms with van der Waals surface area (Å²) in [6, 6.07) is 10.7. The molecule has 2 aromatic carbocycles. The zero-order valence-corrected chi connectivity index (χ0v) is 12.5. The van der Waals surface area contributed by atoms with Crippen LogP contribution in [-0.4, -0.2) is 0 Å². The summed E-state index contributed by atoms with van der Waals surface area (Å²) in [6.45, 7) is 0. The third-order valence-electron chi connectivity index (χ3n) is 2.07. The second kappa shape index (κ2) is 5.29. The van der Waals surface area contributed by atoms with Crippen molar-refractivity contribution in [2.24, 2.45) is 0 Å². The monoisotopic (exact) mass is 375 g/mol. The molecule has 0 atom stereocenters. The van der Waals surface area contributed by atoms with Crippen LogP contribution < -0.4 is 10.5 Å². The quantitative estimate of drug-likeness (QED) is 0.727. The number of nitrogen functional groups attached to an aromatic ring is 1. The van der Waals surface area contributed by atoms with Crippen LogP contribution in [0.15, 0.2) is 45.3 Å². The van der Waals surface area contributed by atoms with Crippen LogP contribution in [0, 0.1) is 0 Å². The molecule has 17 heavy (non-hydrogen) atoms. The van der Waals surface area contributed by atoms with E-state index in [1.165, 1.54) is 0 Å². The number of rotatable bonds is 2. The van der Waals surface area contributed by atoms with Gasteiger partial charge in [0.05, 0.1) is 8.95 Å². The molecule has 88 valence electrons. The van der Waals surface area contributed by atoms with Crippen LogP contribution in [0.2, 0.25) is 5.02 Å². The first kappa shape index (κ1) is 12.7. The maximum atomic E-state index is 5.86. The molecule has 0 unspecified atom stereocenters. The summed E-state index contributed by atoms with van der Waals surface area (Å²) in [7, 11) is 0. The Morgan fingerprint density at radius 1 is 0.941 bits per heavy atom. The van der Waals surface area contributed by atoms with E-state index >= 15 is 0 Å². The number of hydrogen-bond donors (Lipinski definition) is 1. The Labute approximate surface area is 121 Å². The SMILES string of the molecule is Nc1ccc(Oc2ccc(Cl)cc2Br)c(Br)c1. The molecule has 0 spiro atoms. The van der Waals surface area contributed by atoms with E-state index in [4.69, 9.17) is 22.1 Å². The number of ether oxygens (including phenoxy) is 1. The predicted molar refractivity (Wildman–Crippen MR) is 77.8 cm³/mol. The Morgan fingerprint density at radius 2 is 1.53 bits per heavy atom. The highest BCUT2D eigenvalue weighted by molar-refractivity contribution is 9.11. The van der Waals surface area contributed by atoms with Crippen molar-refractivity contribution in [2.45, 2.75) is 0 Å². The Morgan fingerprint density at radius 3 is 2.12 bits per heavy atom. The van der Waals surface area contributed by atoms with Gasteiger partial charge in [-0.3, -0.25) is 0 Å². The van der Waals surface area contributed by atoms with E-state index in [0.29, 0.717) is 22.2 Å². The van der Waals surface area contributed by atoms with E-state index in [1.807, 2.05) is 0 Å². The lowest BCUT2D eigenvalue weighted by Gasteiger charge is -2.10. The molecule has 0 fully saturated rings. The lowest BCUT2D eigenvalue weighted by Crippen LogP contribution is -1.89. The van der Waals surface area contributed by atoms with Crippen LogP contribution in [0.4, 0.5) is 5.69 Å². The number of nitrogens with two attached hydrogens (primary N) is 1. The highest BCUT2D eigenvalue weighted by atomic mass is 79.9. The Hall–Kier alpha value is -0.710. The van der Waals surface area contributed by atoms with Crippen molar-refractivity contribution in [2.75, 3.05) is 5.73 Å². The predicted octanol–water partition coefficient (Wildman–Crippen LogP) is 5.24. The van der Waals surface area contributed by atoms with Crippen molar-refractivity contribution in [1.29, 1.82) is 0 Å². The van der Waals surface area contributed by atoms with Crippen LogP contribution in [-0.2, 0) is 0 Å². The minimum atomic E-state index is 0.653. The molecule has 0 amide bonds. The van der Waals surface area contributed by atoms with Gasteiger partial charge in [-0.1, -0.05) is 11.6 Å². The van der Waals surface area contributed by atoms with Crippen molar-refractivity contribution in [3.63, 3.8) is 0 Å². The average Bonchev–Trinajstić information content (AvgIpc) is 2.25. The van der Waals surface area contributed by atoms with Crippen molar-refractivity contribution in [3.05, 3.63) is 50.4 Å². The number of halogens is 3. The zero-order chi connectivity index (χ0) is 12.4. The zero-order valence-electron chi connectivity index (χ0n) is 8.58. The van der Waals surface area contributed by atoms with E-state index in [0.717, 1.165) is 8.95 Å². The number of hydrogen-bond acceptors (Lipinski definition) is 2. The van der Waals surface area contributed by atoms with E-state index < -0.39 is 0 Å². The molecule has 2 rings (SSSR count).